The summed E-state index contributed by atoms with van der Waals surface area (Å²) in [5.74, 6) is 0.320. The summed E-state index contributed by atoms with van der Waals surface area (Å²) < 4.78 is 22.6. The summed E-state index contributed by atoms with van der Waals surface area (Å²) in [6.45, 7) is 4.25. The van der Waals surface area contributed by atoms with Gasteiger partial charge in [-0.3, -0.25) is 13.8 Å². The number of phosphoric acid groups is 1. The van der Waals surface area contributed by atoms with Gasteiger partial charge in [0.15, 0.2) is 11.9 Å². The summed E-state index contributed by atoms with van der Waals surface area (Å²) in [6.07, 6.45) is 12.4. The van der Waals surface area contributed by atoms with E-state index in [0.29, 0.717) is 17.4 Å². The average Bonchev–Trinajstić information content (AvgIpc) is 2.75. The van der Waals surface area contributed by atoms with Gasteiger partial charge in [0.05, 0.1) is 27.7 Å². The van der Waals surface area contributed by atoms with E-state index in [1.807, 2.05) is 21.1 Å². The van der Waals surface area contributed by atoms with E-state index in [0.717, 1.165) is 25.2 Å². The van der Waals surface area contributed by atoms with Crippen molar-refractivity contribution in [1.82, 2.24) is 0 Å². The Bertz CT molecular complexity index is 581. The molecule has 0 aliphatic rings. The number of likely N-dealkylation sites (N-methyl/N-ethyl adjacent to an activating group) is 1. The van der Waals surface area contributed by atoms with E-state index in [4.69, 9.17) is 9.05 Å². The smallest absolute Gasteiger partial charge is 0.394 e. The largest absolute Gasteiger partial charge is 0.473 e. The summed E-state index contributed by atoms with van der Waals surface area (Å²) >= 11 is 0. The van der Waals surface area contributed by atoms with Crippen molar-refractivity contribution in [2.45, 2.75) is 116 Å². The fourth-order valence-corrected chi connectivity index (χ4v) is 4.72. The van der Waals surface area contributed by atoms with Gasteiger partial charge >= 0.3 is 7.82 Å². The maximum absolute atomic E-state index is 12.5. The summed E-state index contributed by atoms with van der Waals surface area (Å²) in [5.41, 5.74) is 0. The van der Waals surface area contributed by atoms with Crippen LogP contribution in [0.25, 0.3) is 0 Å². The first kappa shape index (κ1) is 34.7. The number of nitrogens with zero attached hydrogens (tertiary/aromatic N) is 1. The van der Waals surface area contributed by atoms with Crippen molar-refractivity contribution < 1.29 is 38.0 Å². The molecule has 3 N–H and O–H groups in total. The maximum Gasteiger partial charge on any atom is 0.473 e. The van der Waals surface area contributed by atoms with Crippen LogP contribution in [0.2, 0.25) is 0 Å². The van der Waals surface area contributed by atoms with Crippen LogP contribution in [0.1, 0.15) is 104 Å². The minimum absolute atomic E-state index is 0.0360. The minimum Gasteiger partial charge on any atom is -0.394 e. The molecule has 0 aliphatic heterocycles. The number of hydrogen-bond acceptors (Lipinski definition) is 6. The second-order valence-electron chi connectivity index (χ2n) is 11.2. The fourth-order valence-electron chi connectivity index (χ4n) is 3.81. The molecule has 8 nitrogen and oxygen atoms in total. The average molecular weight is 525 g/mol. The molecule has 3 atom stereocenters. The van der Waals surface area contributed by atoms with E-state index < -0.39 is 32.4 Å². The number of quaternary nitrogens is 1. The number of carbonyl (C=O) groups is 1. The highest BCUT2D eigenvalue weighted by atomic mass is 31.2. The Balaban J connectivity index is 4.01. The van der Waals surface area contributed by atoms with Gasteiger partial charge in [0, 0.05) is 6.42 Å². The highest BCUT2D eigenvalue weighted by molar-refractivity contribution is 7.47. The first-order valence-electron chi connectivity index (χ1n) is 13.7. The van der Waals surface area contributed by atoms with Crippen LogP contribution in [-0.2, 0) is 18.4 Å². The van der Waals surface area contributed by atoms with Crippen LogP contribution in [0, 0.1) is 5.92 Å². The van der Waals surface area contributed by atoms with Crippen molar-refractivity contribution in [1.29, 1.82) is 0 Å². The molecule has 9 heteroatoms. The Morgan fingerprint density at radius 1 is 0.857 bits per heavy atom. The standard InChI is InChI=1S/C26H54NO7P/c1-23(2)18-16-14-12-10-8-6-7-9-11-13-15-17-19-24(29)26(25(30)22-28)34-35(31,32)33-21-20-27(3,4)5/h23,25-26,28,30H,6-22H2,1-5H3/p+1/t25-,26?/m0/s1. The molecular weight excluding hydrogens is 469 g/mol. The lowest BCUT2D eigenvalue weighted by Gasteiger charge is -2.26. The van der Waals surface area contributed by atoms with Gasteiger partial charge in [-0.2, -0.15) is 0 Å². The van der Waals surface area contributed by atoms with E-state index in [-0.39, 0.29) is 13.0 Å². The zero-order valence-electron chi connectivity index (χ0n) is 23.1. The molecule has 0 saturated heterocycles. The summed E-state index contributed by atoms with van der Waals surface area (Å²) in [7, 11) is 1.19. The van der Waals surface area contributed by atoms with E-state index in [9.17, 15) is 24.5 Å². The predicted octanol–water partition coefficient (Wildman–Crippen LogP) is 5.23. The van der Waals surface area contributed by atoms with Gasteiger partial charge in [0.25, 0.3) is 0 Å². The topological polar surface area (TPSA) is 113 Å². The molecule has 0 radical (unpaired) electrons. The Labute approximate surface area is 214 Å². The fraction of sp³-hybridized carbons (Fsp3) is 0.962. The molecule has 0 heterocycles. The van der Waals surface area contributed by atoms with Crippen LogP contribution >= 0.6 is 7.82 Å². The molecule has 0 bridgehead atoms. The third-order valence-corrected chi connectivity index (χ3v) is 7.07. The molecule has 0 saturated carbocycles. The molecule has 0 aromatic heterocycles. The molecule has 35 heavy (non-hydrogen) atoms. The lowest BCUT2D eigenvalue weighted by Crippen LogP contribution is -2.39. The first-order valence-corrected chi connectivity index (χ1v) is 15.2. The SMILES string of the molecule is CC(C)CCCCCCCCCCCCCCC(=O)C(OP(=O)(O)OCC[N+](C)(C)C)[C@@H](O)CO. The highest BCUT2D eigenvalue weighted by Gasteiger charge is 2.35. The van der Waals surface area contributed by atoms with Gasteiger partial charge in [-0.15, -0.1) is 0 Å². The number of Topliss-reactive ketones (excluding diaryl/α,β-unsaturated/α-hetero) is 1. The minimum atomic E-state index is -4.53. The molecule has 0 aromatic rings. The predicted molar refractivity (Wildman–Crippen MR) is 141 cm³/mol. The number of hydrogen-bond donors (Lipinski definition) is 3. The number of aliphatic hydroxyl groups excluding tert-OH is 2. The summed E-state index contributed by atoms with van der Waals surface area (Å²) in [6, 6.07) is 0. The van der Waals surface area contributed by atoms with Crippen molar-refractivity contribution in [3.63, 3.8) is 0 Å². The quantitative estimate of drug-likeness (QED) is 0.0899. The molecule has 0 aromatic carbocycles. The third kappa shape index (κ3) is 21.5. The van der Waals surface area contributed by atoms with Gasteiger partial charge in [0.1, 0.15) is 19.3 Å². The van der Waals surface area contributed by atoms with Crippen molar-refractivity contribution in [3.05, 3.63) is 0 Å². The zero-order chi connectivity index (χ0) is 26.7. The van der Waals surface area contributed by atoms with E-state index in [2.05, 4.69) is 13.8 Å². The van der Waals surface area contributed by atoms with Crippen molar-refractivity contribution in [3.8, 4) is 0 Å². The van der Waals surface area contributed by atoms with Crippen molar-refractivity contribution >= 4 is 13.6 Å². The van der Waals surface area contributed by atoms with Crippen LogP contribution in [-0.4, -0.2) is 78.5 Å². The van der Waals surface area contributed by atoms with Crippen LogP contribution in [0.5, 0.6) is 0 Å². The van der Waals surface area contributed by atoms with Crippen LogP contribution in [0.3, 0.4) is 0 Å². The van der Waals surface area contributed by atoms with Crippen LogP contribution < -0.4 is 0 Å². The highest BCUT2D eigenvalue weighted by Crippen LogP contribution is 2.45. The van der Waals surface area contributed by atoms with Crippen molar-refractivity contribution in [2.24, 2.45) is 5.92 Å². The Morgan fingerprint density at radius 3 is 1.74 bits per heavy atom. The first-order chi connectivity index (χ1) is 16.4. The number of rotatable bonds is 24. The second kappa shape index (κ2) is 19.7. The normalized spacial score (nSPS) is 15.8. The molecular formula is C26H55NO7P+. The Morgan fingerprint density at radius 2 is 1.31 bits per heavy atom. The van der Waals surface area contributed by atoms with Gasteiger partial charge in [-0.1, -0.05) is 90.9 Å². The van der Waals surface area contributed by atoms with Crippen LogP contribution in [0.4, 0.5) is 0 Å². The maximum atomic E-state index is 12.5. The molecule has 0 spiro atoms. The number of unbranched alkanes of at least 4 members (excludes halogenated alkanes) is 11. The van der Waals surface area contributed by atoms with E-state index in [1.54, 1.807) is 0 Å². The van der Waals surface area contributed by atoms with Gasteiger partial charge in [0.2, 0.25) is 0 Å². The third-order valence-electron chi connectivity index (χ3n) is 6.07. The molecule has 210 valence electrons. The zero-order valence-corrected chi connectivity index (χ0v) is 24.0. The number of carbonyl (C=O) groups excluding carboxylic acids is 1. The van der Waals surface area contributed by atoms with Gasteiger partial charge in [-0.05, 0) is 12.3 Å². The lowest BCUT2D eigenvalue weighted by atomic mass is 10.0. The monoisotopic (exact) mass is 524 g/mol. The molecule has 0 fully saturated rings. The second-order valence-corrected chi connectivity index (χ2v) is 12.6. The van der Waals surface area contributed by atoms with E-state index in [1.165, 1.54) is 57.8 Å². The van der Waals surface area contributed by atoms with Gasteiger partial charge < -0.3 is 19.6 Å². The summed E-state index contributed by atoms with van der Waals surface area (Å²) in [5, 5.41) is 19.2. The molecule has 0 aliphatic carbocycles. The number of phosphoric ester groups is 1. The van der Waals surface area contributed by atoms with Gasteiger partial charge in [-0.25, -0.2) is 4.57 Å². The molecule has 2 unspecified atom stereocenters. The Hall–Kier alpha value is -0.340. The molecule has 0 amide bonds. The number of ketones is 1. The number of aliphatic hydroxyl groups is 2. The lowest BCUT2D eigenvalue weighted by molar-refractivity contribution is -0.870. The molecule has 0 rings (SSSR count). The van der Waals surface area contributed by atoms with Crippen LogP contribution in [0.15, 0.2) is 0 Å². The van der Waals surface area contributed by atoms with Crippen molar-refractivity contribution in [2.75, 3.05) is 40.9 Å². The van der Waals surface area contributed by atoms with E-state index >= 15 is 0 Å². The Kier molecular flexibility index (Phi) is 19.5. The summed E-state index contributed by atoms with van der Waals surface area (Å²) in [4.78, 5) is 22.4.